The van der Waals surface area contributed by atoms with Gasteiger partial charge < -0.3 is 15.2 Å². The van der Waals surface area contributed by atoms with Crippen LogP contribution in [-0.4, -0.2) is 32.5 Å². The Balaban J connectivity index is 2.22. The van der Waals surface area contributed by atoms with Crippen LogP contribution >= 0.6 is 0 Å². The summed E-state index contributed by atoms with van der Waals surface area (Å²) < 4.78 is 27.6. The highest BCUT2D eigenvalue weighted by atomic mass is 32.2. The second-order valence-electron chi connectivity index (χ2n) is 4.68. The number of hydrogen-bond acceptors (Lipinski definition) is 5. The number of primary sulfonamides is 1. The van der Waals surface area contributed by atoms with Gasteiger partial charge in [-0.1, -0.05) is 0 Å². The molecular weight excluding hydrogens is 300 g/mol. The summed E-state index contributed by atoms with van der Waals surface area (Å²) in [6.45, 7) is 0. The third kappa shape index (κ3) is 3.31. The van der Waals surface area contributed by atoms with Gasteiger partial charge in [0, 0.05) is 0 Å². The number of carboxylic acids is 1. The van der Waals surface area contributed by atoms with Gasteiger partial charge in [-0.05, 0) is 24.6 Å². The molecule has 9 heteroatoms. The third-order valence-electron chi connectivity index (χ3n) is 3.20. The van der Waals surface area contributed by atoms with E-state index in [1.807, 2.05) is 0 Å². The topological polar surface area (TPSA) is 136 Å². The maximum Gasteiger partial charge on any atom is 0.307 e. The van der Waals surface area contributed by atoms with Crippen LogP contribution in [0.2, 0.25) is 0 Å². The lowest BCUT2D eigenvalue weighted by atomic mass is 10.2. The smallest absolute Gasteiger partial charge is 0.307 e. The molecule has 0 bridgehead atoms. The number of carboxylic acid groups (broad SMARTS) is 1. The zero-order valence-electron chi connectivity index (χ0n) is 11.1. The van der Waals surface area contributed by atoms with Crippen LogP contribution in [0.5, 0.6) is 5.75 Å². The zero-order chi connectivity index (χ0) is 15.8. The fourth-order valence-electron chi connectivity index (χ4n) is 1.94. The maximum absolute atomic E-state index is 11.9. The Morgan fingerprint density at radius 1 is 1.38 bits per heavy atom. The van der Waals surface area contributed by atoms with Crippen LogP contribution in [0, 0.1) is 11.8 Å². The average molecular weight is 314 g/mol. The Kier molecular flexibility index (Phi) is 3.88. The summed E-state index contributed by atoms with van der Waals surface area (Å²) in [5.74, 6) is -2.58. The molecule has 1 aliphatic carbocycles. The molecule has 0 radical (unpaired) electrons. The monoisotopic (exact) mass is 314 g/mol. The van der Waals surface area contributed by atoms with Crippen LogP contribution in [0.4, 0.5) is 5.69 Å². The highest BCUT2D eigenvalue weighted by molar-refractivity contribution is 7.89. The summed E-state index contributed by atoms with van der Waals surface area (Å²) in [6.07, 6.45) is 0.262. The van der Waals surface area contributed by atoms with Crippen LogP contribution in [-0.2, 0) is 19.6 Å². The number of amides is 1. The molecule has 1 aromatic carbocycles. The Bertz CT molecular complexity index is 700. The Morgan fingerprint density at radius 3 is 2.52 bits per heavy atom. The molecule has 1 fully saturated rings. The van der Waals surface area contributed by atoms with Crippen molar-refractivity contribution in [2.24, 2.45) is 17.0 Å². The van der Waals surface area contributed by atoms with Gasteiger partial charge in [-0.3, -0.25) is 9.59 Å². The molecule has 0 unspecified atom stereocenters. The lowest BCUT2D eigenvalue weighted by Crippen LogP contribution is -2.18. The van der Waals surface area contributed by atoms with E-state index in [-0.39, 0.29) is 22.8 Å². The first-order valence-electron chi connectivity index (χ1n) is 5.98. The van der Waals surface area contributed by atoms with Crippen molar-refractivity contribution in [2.45, 2.75) is 11.3 Å². The lowest BCUT2D eigenvalue weighted by molar-refractivity contribution is -0.139. The fraction of sp³-hybridized carbons (Fsp3) is 0.333. The number of carbonyl (C=O) groups is 2. The van der Waals surface area contributed by atoms with Gasteiger partial charge >= 0.3 is 5.97 Å². The van der Waals surface area contributed by atoms with Crippen LogP contribution < -0.4 is 15.2 Å². The van der Waals surface area contributed by atoms with Gasteiger partial charge in [0.2, 0.25) is 15.9 Å². The number of sulfonamides is 1. The molecule has 0 saturated heterocycles. The number of rotatable bonds is 5. The summed E-state index contributed by atoms with van der Waals surface area (Å²) in [5, 5.41) is 16.3. The first-order chi connectivity index (χ1) is 9.74. The summed E-state index contributed by atoms with van der Waals surface area (Å²) in [7, 11) is -2.56. The Labute approximate surface area is 120 Å². The van der Waals surface area contributed by atoms with E-state index in [1.54, 1.807) is 0 Å². The number of nitrogens with one attached hydrogen (secondary N) is 1. The van der Waals surface area contributed by atoms with Gasteiger partial charge in [-0.25, -0.2) is 13.6 Å². The average Bonchev–Trinajstić information content (AvgIpc) is 3.17. The molecule has 1 saturated carbocycles. The molecule has 21 heavy (non-hydrogen) atoms. The van der Waals surface area contributed by atoms with Crippen LogP contribution in [0.1, 0.15) is 6.42 Å². The van der Waals surface area contributed by atoms with Crippen LogP contribution in [0.25, 0.3) is 0 Å². The van der Waals surface area contributed by atoms with E-state index in [2.05, 4.69) is 5.32 Å². The zero-order valence-corrected chi connectivity index (χ0v) is 11.9. The molecule has 2 rings (SSSR count). The van der Waals surface area contributed by atoms with Gasteiger partial charge in [-0.15, -0.1) is 0 Å². The first kappa shape index (κ1) is 15.3. The Hall–Kier alpha value is -2.13. The summed E-state index contributed by atoms with van der Waals surface area (Å²) in [6, 6.07) is 3.78. The summed E-state index contributed by atoms with van der Waals surface area (Å²) >= 11 is 0. The normalized spacial score (nSPS) is 20.7. The molecule has 0 aliphatic heterocycles. The van der Waals surface area contributed by atoms with E-state index in [1.165, 1.54) is 25.3 Å². The van der Waals surface area contributed by atoms with E-state index in [0.717, 1.165) is 0 Å². The predicted molar refractivity (Wildman–Crippen MR) is 72.2 cm³/mol. The number of carbonyl (C=O) groups excluding carboxylic acids is 1. The molecule has 0 heterocycles. The number of anilines is 1. The lowest BCUT2D eigenvalue weighted by Gasteiger charge is -2.11. The number of nitrogens with two attached hydrogens (primary N) is 1. The largest absolute Gasteiger partial charge is 0.495 e. The minimum absolute atomic E-state index is 0.130. The molecule has 1 amide bonds. The van der Waals surface area contributed by atoms with E-state index >= 15 is 0 Å². The van der Waals surface area contributed by atoms with Gasteiger partial charge in [0.15, 0.2) is 0 Å². The van der Waals surface area contributed by atoms with Gasteiger partial charge in [0.1, 0.15) is 5.75 Å². The predicted octanol–water partition coefficient (Wildman–Crippen LogP) is 0.00180. The van der Waals surface area contributed by atoms with E-state index in [4.69, 9.17) is 15.0 Å². The van der Waals surface area contributed by atoms with Crippen molar-refractivity contribution >= 4 is 27.6 Å². The van der Waals surface area contributed by atoms with Crippen molar-refractivity contribution in [1.82, 2.24) is 0 Å². The highest BCUT2D eigenvalue weighted by Crippen LogP contribution is 2.40. The number of benzene rings is 1. The second kappa shape index (κ2) is 5.34. The van der Waals surface area contributed by atoms with E-state index in [9.17, 15) is 18.0 Å². The highest BCUT2D eigenvalue weighted by Gasteiger charge is 2.48. The van der Waals surface area contributed by atoms with Crippen molar-refractivity contribution in [2.75, 3.05) is 12.4 Å². The number of methoxy groups -OCH3 is 1. The van der Waals surface area contributed by atoms with Crippen LogP contribution in [0.3, 0.4) is 0 Å². The van der Waals surface area contributed by atoms with Crippen molar-refractivity contribution in [3.63, 3.8) is 0 Å². The van der Waals surface area contributed by atoms with Gasteiger partial charge in [0.05, 0.1) is 29.5 Å². The summed E-state index contributed by atoms with van der Waals surface area (Å²) in [4.78, 5) is 22.5. The Morgan fingerprint density at radius 2 is 2.05 bits per heavy atom. The number of hydrogen-bond donors (Lipinski definition) is 3. The third-order valence-corrected chi connectivity index (χ3v) is 4.11. The SMILES string of the molecule is COc1ccc(S(N)(=O)=O)cc1NC(=O)[C@H]1C[C@@H]1C(=O)O. The number of aliphatic carboxylic acids is 1. The quantitative estimate of drug-likeness (QED) is 0.700. The standard InChI is InChI=1S/C12H14N2O6S/c1-20-10-3-2-6(21(13,18)19)4-9(10)14-11(15)7-5-8(7)12(16)17/h2-4,7-8H,5H2,1H3,(H,14,15)(H,16,17)(H2,13,18,19)/t7-,8-/m0/s1. The van der Waals surface area contributed by atoms with Crippen molar-refractivity contribution < 1.29 is 27.9 Å². The summed E-state index contributed by atoms with van der Waals surface area (Å²) in [5.41, 5.74) is 0.130. The molecule has 8 nitrogen and oxygen atoms in total. The molecule has 4 N–H and O–H groups in total. The molecule has 1 aromatic rings. The molecule has 1 aliphatic rings. The number of ether oxygens (including phenoxy) is 1. The van der Waals surface area contributed by atoms with Crippen LogP contribution in [0.15, 0.2) is 23.1 Å². The van der Waals surface area contributed by atoms with Crippen molar-refractivity contribution in [3.05, 3.63) is 18.2 Å². The van der Waals surface area contributed by atoms with E-state index < -0.39 is 33.7 Å². The second-order valence-corrected chi connectivity index (χ2v) is 6.24. The minimum Gasteiger partial charge on any atom is -0.495 e. The van der Waals surface area contributed by atoms with Gasteiger partial charge in [0.25, 0.3) is 0 Å². The van der Waals surface area contributed by atoms with E-state index in [0.29, 0.717) is 0 Å². The fourth-order valence-corrected chi connectivity index (χ4v) is 2.48. The van der Waals surface area contributed by atoms with Crippen molar-refractivity contribution in [3.8, 4) is 5.75 Å². The molecule has 0 spiro atoms. The minimum atomic E-state index is -3.92. The first-order valence-corrected chi connectivity index (χ1v) is 7.53. The van der Waals surface area contributed by atoms with Crippen molar-refractivity contribution in [1.29, 1.82) is 0 Å². The maximum atomic E-state index is 11.9. The molecular formula is C12H14N2O6S. The molecule has 2 atom stereocenters. The molecule has 114 valence electrons. The molecule has 0 aromatic heterocycles. The van der Waals surface area contributed by atoms with Gasteiger partial charge in [-0.2, -0.15) is 0 Å².